The molecule has 1 rings (SSSR count). The van der Waals surface area contributed by atoms with Crippen LogP contribution in [0.4, 0.5) is 0 Å². The van der Waals surface area contributed by atoms with E-state index < -0.39 is 5.97 Å². The third-order valence-electron chi connectivity index (χ3n) is 3.43. The molecular formula is C14H20N2O3. The monoisotopic (exact) mass is 264 g/mol. The highest BCUT2D eigenvalue weighted by molar-refractivity contribution is 5.94. The van der Waals surface area contributed by atoms with Crippen LogP contribution in [0.5, 0.6) is 0 Å². The molecule has 1 amide bonds. The summed E-state index contributed by atoms with van der Waals surface area (Å²) in [5, 5.41) is 8.93. The van der Waals surface area contributed by atoms with Crippen LogP contribution in [0.3, 0.4) is 0 Å². The molecule has 0 fully saturated rings. The number of aromatic nitrogens is 1. The van der Waals surface area contributed by atoms with Crippen molar-refractivity contribution < 1.29 is 14.7 Å². The highest BCUT2D eigenvalue weighted by atomic mass is 16.4. The molecule has 0 spiro atoms. The van der Waals surface area contributed by atoms with E-state index in [4.69, 9.17) is 5.11 Å². The van der Waals surface area contributed by atoms with Gasteiger partial charge in [-0.3, -0.25) is 4.79 Å². The Morgan fingerprint density at radius 1 is 1.26 bits per heavy atom. The van der Waals surface area contributed by atoms with Crippen LogP contribution in [0.15, 0.2) is 12.1 Å². The number of carbonyl (C=O) groups is 2. The van der Waals surface area contributed by atoms with Crippen molar-refractivity contribution in [3.63, 3.8) is 0 Å². The summed E-state index contributed by atoms with van der Waals surface area (Å²) in [6.07, 6.45) is 0. The van der Waals surface area contributed by atoms with Gasteiger partial charge in [0.15, 0.2) is 0 Å². The van der Waals surface area contributed by atoms with Gasteiger partial charge in [-0.1, -0.05) is 13.8 Å². The summed E-state index contributed by atoms with van der Waals surface area (Å²) in [5.74, 6) is -0.887. The molecule has 1 aromatic rings. The van der Waals surface area contributed by atoms with E-state index in [-0.39, 0.29) is 23.2 Å². The second-order valence-electron chi connectivity index (χ2n) is 5.04. The molecule has 0 saturated carbocycles. The molecule has 0 aromatic carbocycles. The van der Waals surface area contributed by atoms with Crippen molar-refractivity contribution in [2.75, 3.05) is 7.05 Å². The number of amides is 1. The number of pyridine rings is 1. The van der Waals surface area contributed by atoms with Crippen molar-refractivity contribution in [3.05, 3.63) is 29.1 Å². The third kappa shape index (κ3) is 3.30. The van der Waals surface area contributed by atoms with Gasteiger partial charge in [0.05, 0.1) is 11.3 Å². The Labute approximate surface area is 113 Å². The summed E-state index contributed by atoms with van der Waals surface area (Å²) < 4.78 is 0. The Morgan fingerprint density at radius 2 is 1.84 bits per heavy atom. The van der Waals surface area contributed by atoms with Gasteiger partial charge in [0, 0.05) is 13.1 Å². The molecule has 1 N–H and O–H groups in total. The van der Waals surface area contributed by atoms with E-state index in [0.29, 0.717) is 11.6 Å². The number of nitrogens with zero attached hydrogens (tertiary/aromatic N) is 2. The fourth-order valence-corrected chi connectivity index (χ4v) is 1.72. The Kier molecular flexibility index (Phi) is 4.64. The van der Waals surface area contributed by atoms with Crippen molar-refractivity contribution in [1.82, 2.24) is 9.88 Å². The van der Waals surface area contributed by atoms with Crippen molar-refractivity contribution in [2.45, 2.75) is 33.7 Å². The molecule has 5 nitrogen and oxygen atoms in total. The lowest BCUT2D eigenvalue weighted by Crippen LogP contribution is -2.38. The zero-order valence-corrected chi connectivity index (χ0v) is 12.0. The van der Waals surface area contributed by atoms with Gasteiger partial charge in [-0.2, -0.15) is 0 Å². The number of aromatic carboxylic acids is 1. The molecule has 19 heavy (non-hydrogen) atoms. The Bertz CT molecular complexity index is 497. The molecule has 0 aliphatic carbocycles. The lowest BCUT2D eigenvalue weighted by atomic mass is 10.0. The fourth-order valence-electron chi connectivity index (χ4n) is 1.72. The van der Waals surface area contributed by atoms with E-state index in [9.17, 15) is 9.59 Å². The Hall–Kier alpha value is -1.91. The summed E-state index contributed by atoms with van der Waals surface area (Å²) in [6, 6.07) is 2.97. The van der Waals surface area contributed by atoms with Crippen LogP contribution in [-0.2, 0) is 0 Å². The lowest BCUT2D eigenvalue weighted by Gasteiger charge is -2.27. The number of hydrogen-bond donors (Lipinski definition) is 1. The van der Waals surface area contributed by atoms with E-state index in [1.807, 2.05) is 20.8 Å². The van der Waals surface area contributed by atoms with E-state index in [1.165, 1.54) is 12.1 Å². The topological polar surface area (TPSA) is 70.5 Å². The molecule has 5 heteroatoms. The van der Waals surface area contributed by atoms with Crippen LogP contribution in [0.1, 0.15) is 47.3 Å². The van der Waals surface area contributed by atoms with Gasteiger partial charge in [0.1, 0.15) is 5.69 Å². The SMILES string of the molecule is Cc1nc(C(=O)N(C)C(C)C(C)C)ccc1C(=O)O. The quantitative estimate of drug-likeness (QED) is 0.905. The van der Waals surface area contributed by atoms with Gasteiger partial charge in [-0.25, -0.2) is 9.78 Å². The Balaban J connectivity index is 3.01. The number of carbonyl (C=O) groups excluding carboxylic acids is 1. The maximum atomic E-state index is 12.2. The van der Waals surface area contributed by atoms with Crippen LogP contribution in [0.25, 0.3) is 0 Å². The summed E-state index contributed by atoms with van der Waals surface area (Å²) in [4.78, 5) is 28.9. The second-order valence-corrected chi connectivity index (χ2v) is 5.04. The normalized spacial score (nSPS) is 12.3. The van der Waals surface area contributed by atoms with E-state index in [0.717, 1.165) is 0 Å². The molecule has 1 unspecified atom stereocenters. The third-order valence-corrected chi connectivity index (χ3v) is 3.43. The van der Waals surface area contributed by atoms with Gasteiger partial charge >= 0.3 is 5.97 Å². The minimum Gasteiger partial charge on any atom is -0.478 e. The smallest absolute Gasteiger partial charge is 0.337 e. The second kappa shape index (κ2) is 5.82. The molecule has 0 aliphatic rings. The lowest BCUT2D eigenvalue weighted by molar-refractivity contribution is 0.0682. The number of carboxylic acid groups (broad SMARTS) is 1. The first-order valence-corrected chi connectivity index (χ1v) is 6.23. The van der Waals surface area contributed by atoms with Crippen LogP contribution in [0.2, 0.25) is 0 Å². The summed E-state index contributed by atoms with van der Waals surface area (Å²) in [5.41, 5.74) is 0.748. The van der Waals surface area contributed by atoms with Crippen LogP contribution in [0, 0.1) is 12.8 Å². The number of rotatable bonds is 4. The molecule has 1 atom stereocenters. The zero-order chi connectivity index (χ0) is 14.7. The molecule has 104 valence electrons. The van der Waals surface area contributed by atoms with Crippen LogP contribution < -0.4 is 0 Å². The van der Waals surface area contributed by atoms with Gasteiger partial charge < -0.3 is 10.0 Å². The number of hydrogen-bond acceptors (Lipinski definition) is 3. The molecule has 0 bridgehead atoms. The Morgan fingerprint density at radius 3 is 2.26 bits per heavy atom. The average molecular weight is 264 g/mol. The largest absolute Gasteiger partial charge is 0.478 e. The molecule has 0 aliphatic heterocycles. The van der Waals surface area contributed by atoms with Crippen LogP contribution in [-0.4, -0.2) is 40.0 Å². The number of aryl methyl sites for hydroxylation is 1. The van der Waals surface area contributed by atoms with Gasteiger partial charge in [0.25, 0.3) is 5.91 Å². The summed E-state index contributed by atoms with van der Waals surface area (Å²) in [6.45, 7) is 7.65. The van der Waals surface area contributed by atoms with Crippen molar-refractivity contribution in [1.29, 1.82) is 0 Å². The molecule has 1 aromatic heterocycles. The maximum absolute atomic E-state index is 12.2. The van der Waals surface area contributed by atoms with Gasteiger partial charge in [0.2, 0.25) is 0 Å². The summed E-state index contributed by atoms with van der Waals surface area (Å²) in [7, 11) is 1.73. The molecular weight excluding hydrogens is 244 g/mol. The average Bonchev–Trinajstić information content (AvgIpc) is 2.35. The van der Waals surface area contributed by atoms with Crippen molar-refractivity contribution in [2.24, 2.45) is 5.92 Å². The minimum absolute atomic E-state index is 0.0914. The van der Waals surface area contributed by atoms with Crippen molar-refractivity contribution >= 4 is 11.9 Å². The summed E-state index contributed by atoms with van der Waals surface area (Å²) >= 11 is 0. The number of carboxylic acids is 1. The maximum Gasteiger partial charge on any atom is 0.337 e. The van der Waals surface area contributed by atoms with Crippen molar-refractivity contribution in [3.8, 4) is 0 Å². The van der Waals surface area contributed by atoms with E-state index >= 15 is 0 Å². The first-order valence-electron chi connectivity index (χ1n) is 6.23. The first kappa shape index (κ1) is 15.1. The van der Waals surface area contributed by atoms with Gasteiger partial charge in [-0.15, -0.1) is 0 Å². The fraction of sp³-hybridized carbons (Fsp3) is 0.500. The van der Waals surface area contributed by atoms with E-state index in [1.54, 1.807) is 18.9 Å². The standard InChI is InChI=1S/C14H20N2O3/c1-8(2)10(4)16(5)13(17)12-7-6-11(14(18)19)9(3)15-12/h6-8,10H,1-5H3,(H,18,19). The van der Waals surface area contributed by atoms with E-state index in [2.05, 4.69) is 4.98 Å². The minimum atomic E-state index is -1.03. The van der Waals surface area contributed by atoms with Crippen LogP contribution >= 0.6 is 0 Å². The predicted molar refractivity (Wildman–Crippen MR) is 72.3 cm³/mol. The van der Waals surface area contributed by atoms with Gasteiger partial charge in [-0.05, 0) is 31.9 Å². The highest BCUT2D eigenvalue weighted by Crippen LogP contribution is 2.13. The molecule has 0 radical (unpaired) electrons. The first-order chi connectivity index (χ1) is 8.75. The highest BCUT2D eigenvalue weighted by Gasteiger charge is 2.21. The zero-order valence-electron chi connectivity index (χ0n) is 12.0. The molecule has 0 saturated heterocycles. The predicted octanol–water partition coefficient (Wildman–Crippen LogP) is 2.20. The molecule has 1 heterocycles.